The van der Waals surface area contributed by atoms with Crippen LogP contribution in [0.15, 0.2) is 18.2 Å². The number of rotatable bonds is 6. The second kappa shape index (κ2) is 6.92. The predicted molar refractivity (Wildman–Crippen MR) is 82.1 cm³/mol. The van der Waals surface area contributed by atoms with E-state index in [-0.39, 0.29) is 18.3 Å². The van der Waals surface area contributed by atoms with Crippen LogP contribution in [-0.4, -0.2) is 31.3 Å². The number of aliphatic carboxylic acids is 1. The Morgan fingerprint density at radius 2 is 2.29 bits per heavy atom. The number of hydrogen-bond acceptors (Lipinski definition) is 4. The second-order valence-corrected chi connectivity index (χ2v) is 5.77. The van der Waals surface area contributed by atoms with Crippen LogP contribution in [0.1, 0.15) is 32.2 Å². The van der Waals surface area contributed by atoms with Gasteiger partial charge in [0, 0.05) is 9.13 Å². The van der Waals surface area contributed by atoms with Gasteiger partial charge in [-0.2, -0.15) is 0 Å². The van der Waals surface area contributed by atoms with Crippen molar-refractivity contribution in [1.29, 1.82) is 0 Å². The van der Waals surface area contributed by atoms with Crippen LogP contribution in [0.3, 0.4) is 0 Å². The van der Waals surface area contributed by atoms with E-state index in [2.05, 4.69) is 15.5 Å². The topological polar surface area (TPSA) is 80.9 Å². The molecule has 1 N–H and O–H groups in total. The van der Waals surface area contributed by atoms with Crippen LogP contribution in [0.4, 0.5) is 4.39 Å². The van der Waals surface area contributed by atoms with Crippen molar-refractivity contribution in [2.24, 2.45) is 0 Å². The molecule has 0 radical (unpaired) electrons. The van der Waals surface area contributed by atoms with Crippen molar-refractivity contribution in [3.63, 3.8) is 0 Å². The molecule has 0 aliphatic rings. The third-order valence-electron chi connectivity index (χ3n) is 3.04. The van der Waals surface area contributed by atoms with Gasteiger partial charge in [0.2, 0.25) is 0 Å². The molecule has 1 unspecified atom stereocenters. The second-order valence-electron chi connectivity index (χ2n) is 4.61. The fourth-order valence-electron chi connectivity index (χ4n) is 2.13. The lowest BCUT2D eigenvalue weighted by molar-refractivity contribution is -0.138. The van der Waals surface area contributed by atoms with E-state index >= 15 is 0 Å². The number of carboxylic acid groups (broad SMARTS) is 1. The Bertz CT molecular complexity index is 647. The van der Waals surface area contributed by atoms with Crippen molar-refractivity contribution >= 4 is 28.6 Å². The van der Waals surface area contributed by atoms with E-state index in [0.717, 1.165) is 6.42 Å². The molecule has 2 aromatic rings. The average molecular weight is 404 g/mol. The van der Waals surface area contributed by atoms with Gasteiger partial charge in [-0.15, -0.1) is 5.10 Å². The van der Waals surface area contributed by atoms with E-state index < -0.39 is 5.97 Å². The molecule has 21 heavy (non-hydrogen) atoms. The van der Waals surface area contributed by atoms with Crippen molar-refractivity contribution in [2.45, 2.75) is 32.2 Å². The summed E-state index contributed by atoms with van der Waals surface area (Å²) in [7, 11) is 0. The zero-order chi connectivity index (χ0) is 15.4. The zero-order valence-corrected chi connectivity index (χ0v) is 13.5. The number of hydrogen-bond donors (Lipinski definition) is 1. The van der Waals surface area contributed by atoms with Gasteiger partial charge in [0.1, 0.15) is 5.82 Å². The molecule has 8 heteroatoms. The third kappa shape index (κ3) is 3.74. The monoisotopic (exact) mass is 404 g/mol. The molecule has 0 saturated carbocycles. The summed E-state index contributed by atoms with van der Waals surface area (Å²) in [5.41, 5.74) is 0.688. The highest BCUT2D eigenvalue weighted by Gasteiger charge is 2.21. The van der Waals surface area contributed by atoms with Crippen LogP contribution in [-0.2, 0) is 4.79 Å². The van der Waals surface area contributed by atoms with Crippen LogP contribution in [0.2, 0.25) is 0 Å². The van der Waals surface area contributed by atoms with Gasteiger partial charge < -0.3 is 5.11 Å². The highest BCUT2D eigenvalue weighted by molar-refractivity contribution is 14.1. The molecule has 1 heterocycles. The number of carboxylic acids is 1. The molecular weight excluding hydrogens is 390 g/mol. The van der Waals surface area contributed by atoms with Crippen molar-refractivity contribution in [3.05, 3.63) is 27.6 Å². The molecule has 112 valence electrons. The molecule has 1 aromatic carbocycles. The minimum absolute atomic E-state index is 0.0519. The first-order valence-electron chi connectivity index (χ1n) is 6.48. The van der Waals surface area contributed by atoms with Crippen LogP contribution >= 0.6 is 22.6 Å². The standard InChI is InChI=1S/C13H14FIN4O2/c1-2-3-9(7-12(20)21)19-13(16-17-18-19)10-5-4-8(14)6-11(10)15/h4-6,9H,2-3,7H2,1H3,(H,20,21). The van der Waals surface area contributed by atoms with E-state index in [4.69, 9.17) is 5.11 Å². The smallest absolute Gasteiger partial charge is 0.305 e. The maximum atomic E-state index is 13.2. The summed E-state index contributed by atoms with van der Waals surface area (Å²) in [5, 5.41) is 20.6. The fourth-order valence-corrected chi connectivity index (χ4v) is 2.85. The summed E-state index contributed by atoms with van der Waals surface area (Å²) >= 11 is 2.01. The highest BCUT2D eigenvalue weighted by atomic mass is 127. The summed E-state index contributed by atoms with van der Waals surface area (Å²) < 4.78 is 15.4. The molecule has 2 rings (SSSR count). The van der Waals surface area contributed by atoms with Gasteiger partial charge >= 0.3 is 5.97 Å². The van der Waals surface area contributed by atoms with E-state index in [1.54, 1.807) is 6.07 Å². The van der Waals surface area contributed by atoms with E-state index in [0.29, 0.717) is 21.4 Å². The maximum Gasteiger partial charge on any atom is 0.305 e. The maximum absolute atomic E-state index is 13.2. The lowest BCUT2D eigenvalue weighted by atomic mass is 10.1. The Hall–Kier alpha value is -1.58. The molecule has 0 amide bonds. The number of tetrazole rings is 1. The lowest BCUT2D eigenvalue weighted by Crippen LogP contribution is -2.16. The van der Waals surface area contributed by atoms with Gasteiger partial charge in [-0.1, -0.05) is 13.3 Å². The molecule has 0 aliphatic carbocycles. The molecule has 0 spiro atoms. The van der Waals surface area contributed by atoms with Gasteiger partial charge in [-0.05, 0) is 57.6 Å². The molecule has 6 nitrogen and oxygen atoms in total. The zero-order valence-electron chi connectivity index (χ0n) is 11.3. The van der Waals surface area contributed by atoms with Crippen LogP contribution in [0.25, 0.3) is 11.4 Å². The van der Waals surface area contributed by atoms with Crippen LogP contribution < -0.4 is 0 Å². The van der Waals surface area contributed by atoms with E-state index in [1.165, 1.54) is 16.8 Å². The normalized spacial score (nSPS) is 12.3. The van der Waals surface area contributed by atoms with E-state index in [1.807, 2.05) is 29.5 Å². The van der Waals surface area contributed by atoms with E-state index in [9.17, 15) is 9.18 Å². The van der Waals surface area contributed by atoms with Gasteiger partial charge in [0.15, 0.2) is 5.82 Å². The number of carbonyl (C=O) groups is 1. The molecule has 0 bridgehead atoms. The minimum atomic E-state index is -0.899. The van der Waals surface area contributed by atoms with Crippen molar-refractivity contribution in [3.8, 4) is 11.4 Å². The largest absolute Gasteiger partial charge is 0.481 e. The number of halogens is 2. The lowest BCUT2D eigenvalue weighted by Gasteiger charge is -2.16. The Kier molecular flexibility index (Phi) is 5.21. The molecule has 0 aliphatic heterocycles. The van der Waals surface area contributed by atoms with Crippen LogP contribution in [0, 0.1) is 9.39 Å². The summed E-state index contributed by atoms with van der Waals surface area (Å²) in [6.45, 7) is 1.97. The number of benzene rings is 1. The first-order chi connectivity index (χ1) is 10.0. The predicted octanol–water partition coefficient (Wildman–Crippen LogP) is 2.90. The molecule has 1 atom stereocenters. The van der Waals surface area contributed by atoms with Gasteiger partial charge in [0.05, 0.1) is 12.5 Å². The highest BCUT2D eigenvalue weighted by Crippen LogP contribution is 2.28. The van der Waals surface area contributed by atoms with Gasteiger partial charge in [-0.3, -0.25) is 4.79 Å². The first-order valence-corrected chi connectivity index (χ1v) is 7.56. The Morgan fingerprint density at radius 3 is 2.90 bits per heavy atom. The molecular formula is C13H14FIN4O2. The number of nitrogens with zero attached hydrogens (tertiary/aromatic N) is 4. The Morgan fingerprint density at radius 1 is 1.52 bits per heavy atom. The van der Waals surface area contributed by atoms with Gasteiger partial charge in [-0.25, -0.2) is 9.07 Å². The molecule has 1 aromatic heterocycles. The summed E-state index contributed by atoms with van der Waals surface area (Å²) in [6, 6.07) is 4.00. The summed E-state index contributed by atoms with van der Waals surface area (Å²) in [4.78, 5) is 11.0. The molecule has 0 fully saturated rings. The quantitative estimate of drug-likeness (QED) is 0.749. The first kappa shape index (κ1) is 15.8. The van der Waals surface area contributed by atoms with Crippen molar-refractivity contribution in [1.82, 2.24) is 20.2 Å². The fraction of sp³-hybridized carbons (Fsp3) is 0.385. The third-order valence-corrected chi connectivity index (χ3v) is 3.94. The summed E-state index contributed by atoms with van der Waals surface area (Å²) in [6.07, 6.45) is 1.42. The van der Waals surface area contributed by atoms with Crippen LogP contribution in [0.5, 0.6) is 0 Å². The Labute approximate surface area is 134 Å². The van der Waals surface area contributed by atoms with Gasteiger partial charge in [0.25, 0.3) is 0 Å². The SMILES string of the molecule is CCCC(CC(=O)O)n1nnnc1-c1ccc(F)cc1I. The summed E-state index contributed by atoms with van der Waals surface area (Å²) in [5.74, 6) is -0.777. The van der Waals surface area contributed by atoms with Crippen molar-refractivity contribution in [2.75, 3.05) is 0 Å². The number of aromatic nitrogens is 4. The molecule has 0 saturated heterocycles. The minimum Gasteiger partial charge on any atom is -0.481 e. The Balaban J connectivity index is 2.42. The van der Waals surface area contributed by atoms with Crippen molar-refractivity contribution < 1.29 is 14.3 Å². The average Bonchev–Trinajstić information content (AvgIpc) is 2.86.